The van der Waals surface area contributed by atoms with E-state index < -0.39 is 0 Å². The molecule has 0 radical (unpaired) electrons. The van der Waals surface area contributed by atoms with Crippen LogP contribution in [0.4, 0.5) is 0 Å². The van der Waals surface area contributed by atoms with Gasteiger partial charge < -0.3 is 5.73 Å². The fraction of sp³-hybridized carbons (Fsp3) is 0.455. The van der Waals surface area contributed by atoms with Gasteiger partial charge in [0.25, 0.3) is 0 Å². The van der Waals surface area contributed by atoms with Crippen molar-refractivity contribution in [1.82, 2.24) is 0 Å². The highest BCUT2D eigenvalue weighted by Gasteiger charge is 2.09. The first-order valence-corrected chi connectivity index (χ1v) is 7.03. The smallest absolute Gasteiger partial charge is 0.0277 e. The molecule has 1 aromatic rings. The van der Waals surface area contributed by atoms with Crippen molar-refractivity contribution >= 4 is 23.5 Å². The molecule has 0 fully saturated rings. The molecule has 1 rings (SSSR count). The Kier molecular flexibility index (Phi) is 4.35. The van der Waals surface area contributed by atoms with Gasteiger partial charge in [-0.05, 0) is 49.6 Å². The molecule has 0 aromatic heterocycles. The lowest BCUT2D eigenvalue weighted by molar-refractivity contribution is 0.792. The van der Waals surface area contributed by atoms with E-state index in [1.54, 1.807) is 23.5 Å². The average Bonchev–Trinajstić information content (AvgIpc) is 2.16. The summed E-state index contributed by atoms with van der Waals surface area (Å²) in [6, 6.07) is 4.56. The van der Waals surface area contributed by atoms with E-state index in [0.29, 0.717) is 0 Å². The lowest BCUT2D eigenvalue weighted by atomic mass is 10.1. The van der Waals surface area contributed by atoms with Crippen LogP contribution in [0.15, 0.2) is 21.9 Å². The van der Waals surface area contributed by atoms with Gasteiger partial charge in [-0.25, -0.2) is 0 Å². The second kappa shape index (κ2) is 5.10. The standard InChI is InChI=1S/C11H17NS2/c1-7-5-11(14-4)9(8(2)12)6-10(7)13-3/h5-6,8H,12H2,1-4H3. The molecule has 0 spiro atoms. The van der Waals surface area contributed by atoms with E-state index in [9.17, 15) is 0 Å². The molecule has 1 unspecified atom stereocenters. The van der Waals surface area contributed by atoms with Crippen molar-refractivity contribution in [2.45, 2.75) is 29.7 Å². The molecule has 78 valence electrons. The first-order chi connectivity index (χ1) is 6.60. The normalized spacial score (nSPS) is 12.9. The molecule has 0 bridgehead atoms. The lowest BCUT2D eigenvalue weighted by Gasteiger charge is -2.14. The van der Waals surface area contributed by atoms with Gasteiger partial charge in [0.05, 0.1) is 0 Å². The fourth-order valence-electron chi connectivity index (χ4n) is 1.43. The van der Waals surface area contributed by atoms with E-state index >= 15 is 0 Å². The van der Waals surface area contributed by atoms with Crippen molar-refractivity contribution in [1.29, 1.82) is 0 Å². The summed E-state index contributed by atoms with van der Waals surface area (Å²) in [6.07, 6.45) is 4.20. The average molecular weight is 227 g/mol. The number of thioether (sulfide) groups is 2. The summed E-state index contributed by atoms with van der Waals surface area (Å²) in [7, 11) is 0. The largest absolute Gasteiger partial charge is 0.324 e. The third-order valence-electron chi connectivity index (χ3n) is 2.24. The van der Waals surface area contributed by atoms with Crippen molar-refractivity contribution in [3.8, 4) is 0 Å². The van der Waals surface area contributed by atoms with Crippen LogP contribution >= 0.6 is 23.5 Å². The Balaban J connectivity index is 3.25. The zero-order valence-electron chi connectivity index (χ0n) is 9.13. The van der Waals surface area contributed by atoms with E-state index in [1.807, 2.05) is 6.92 Å². The molecule has 0 saturated carbocycles. The fourth-order valence-corrected chi connectivity index (χ4v) is 2.83. The second-order valence-electron chi connectivity index (χ2n) is 3.35. The number of nitrogens with two attached hydrogens (primary N) is 1. The zero-order chi connectivity index (χ0) is 10.7. The highest BCUT2D eigenvalue weighted by atomic mass is 32.2. The van der Waals surface area contributed by atoms with Crippen molar-refractivity contribution in [3.05, 3.63) is 23.3 Å². The first kappa shape index (κ1) is 12.0. The summed E-state index contributed by atoms with van der Waals surface area (Å²) in [6.45, 7) is 4.19. The van der Waals surface area contributed by atoms with Crippen LogP contribution in [0.1, 0.15) is 24.1 Å². The molecule has 0 heterocycles. The third-order valence-corrected chi connectivity index (χ3v) is 3.91. The summed E-state index contributed by atoms with van der Waals surface area (Å²) in [4.78, 5) is 2.63. The lowest BCUT2D eigenvalue weighted by Crippen LogP contribution is -2.07. The van der Waals surface area contributed by atoms with Gasteiger partial charge in [-0.15, -0.1) is 23.5 Å². The summed E-state index contributed by atoms with van der Waals surface area (Å²) in [5.41, 5.74) is 8.54. The Labute approximate surface area is 94.8 Å². The van der Waals surface area contributed by atoms with E-state index in [4.69, 9.17) is 5.73 Å². The summed E-state index contributed by atoms with van der Waals surface area (Å²) in [5.74, 6) is 0. The number of aryl methyl sites for hydroxylation is 1. The topological polar surface area (TPSA) is 26.0 Å². The molecule has 1 aromatic carbocycles. The number of benzene rings is 1. The molecule has 0 aliphatic rings. The zero-order valence-corrected chi connectivity index (χ0v) is 10.8. The van der Waals surface area contributed by atoms with Crippen LogP contribution in [0.3, 0.4) is 0 Å². The minimum atomic E-state index is 0.115. The van der Waals surface area contributed by atoms with E-state index in [0.717, 1.165) is 0 Å². The monoisotopic (exact) mass is 227 g/mol. The second-order valence-corrected chi connectivity index (χ2v) is 5.05. The van der Waals surface area contributed by atoms with Crippen molar-refractivity contribution in [2.24, 2.45) is 5.73 Å². The van der Waals surface area contributed by atoms with Gasteiger partial charge in [-0.2, -0.15) is 0 Å². The predicted molar refractivity (Wildman–Crippen MR) is 67.3 cm³/mol. The van der Waals surface area contributed by atoms with Gasteiger partial charge >= 0.3 is 0 Å². The maximum Gasteiger partial charge on any atom is 0.0277 e. The molecule has 1 nitrogen and oxygen atoms in total. The van der Waals surface area contributed by atoms with Crippen molar-refractivity contribution < 1.29 is 0 Å². The quantitative estimate of drug-likeness (QED) is 0.801. The number of hydrogen-bond acceptors (Lipinski definition) is 3. The minimum Gasteiger partial charge on any atom is -0.324 e. The molecular weight excluding hydrogens is 210 g/mol. The Morgan fingerprint density at radius 1 is 1.14 bits per heavy atom. The maximum atomic E-state index is 5.94. The van der Waals surface area contributed by atoms with Crippen LogP contribution in [0.2, 0.25) is 0 Å². The van der Waals surface area contributed by atoms with E-state index in [-0.39, 0.29) is 6.04 Å². The predicted octanol–water partition coefficient (Wildman–Crippen LogP) is 3.46. The summed E-state index contributed by atoms with van der Waals surface area (Å²) in [5, 5.41) is 0. The summed E-state index contributed by atoms with van der Waals surface area (Å²) < 4.78 is 0. The molecule has 3 heteroatoms. The van der Waals surface area contributed by atoms with Gasteiger partial charge in [0.15, 0.2) is 0 Å². The van der Waals surface area contributed by atoms with Gasteiger partial charge in [-0.3, -0.25) is 0 Å². The van der Waals surface area contributed by atoms with Crippen LogP contribution < -0.4 is 5.73 Å². The van der Waals surface area contributed by atoms with Crippen molar-refractivity contribution in [2.75, 3.05) is 12.5 Å². The molecule has 1 atom stereocenters. The highest BCUT2D eigenvalue weighted by Crippen LogP contribution is 2.31. The molecule has 0 saturated heterocycles. The molecule has 14 heavy (non-hydrogen) atoms. The Morgan fingerprint density at radius 3 is 2.14 bits per heavy atom. The highest BCUT2D eigenvalue weighted by molar-refractivity contribution is 7.99. The third kappa shape index (κ3) is 2.47. The van der Waals surface area contributed by atoms with Gasteiger partial charge in [0.1, 0.15) is 0 Å². The first-order valence-electron chi connectivity index (χ1n) is 4.58. The SMILES string of the molecule is CSc1cc(C(C)N)c(SC)cc1C. The van der Waals surface area contributed by atoms with Gasteiger partial charge in [0, 0.05) is 15.8 Å². The molecule has 0 aliphatic heterocycles. The molecule has 2 N–H and O–H groups in total. The maximum absolute atomic E-state index is 5.94. The van der Waals surface area contributed by atoms with Crippen LogP contribution in [0.25, 0.3) is 0 Å². The Morgan fingerprint density at radius 2 is 1.71 bits per heavy atom. The van der Waals surface area contributed by atoms with Crippen LogP contribution in [0, 0.1) is 6.92 Å². The van der Waals surface area contributed by atoms with Crippen molar-refractivity contribution in [3.63, 3.8) is 0 Å². The molecular formula is C11H17NS2. The minimum absolute atomic E-state index is 0.115. The van der Waals surface area contributed by atoms with Gasteiger partial charge in [0.2, 0.25) is 0 Å². The van der Waals surface area contributed by atoms with Crippen LogP contribution in [-0.4, -0.2) is 12.5 Å². The summed E-state index contributed by atoms with van der Waals surface area (Å²) >= 11 is 3.55. The van der Waals surface area contributed by atoms with Gasteiger partial charge in [-0.1, -0.05) is 0 Å². The number of hydrogen-bond donors (Lipinski definition) is 1. The van der Waals surface area contributed by atoms with Crippen LogP contribution in [-0.2, 0) is 0 Å². The van der Waals surface area contributed by atoms with E-state index in [2.05, 4.69) is 31.6 Å². The molecule has 0 amide bonds. The molecule has 0 aliphatic carbocycles. The van der Waals surface area contributed by atoms with E-state index in [1.165, 1.54) is 20.9 Å². The van der Waals surface area contributed by atoms with Crippen LogP contribution in [0.5, 0.6) is 0 Å². The Bertz CT molecular complexity index is 321. The number of rotatable bonds is 3. The Hall–Kier alpha value is -0.120.